The molecule has 2 heterocycles. The first-order valence-corrected chi connectivity index (χ1v) is 13.6. The first kappa shape index (κ1) is 25.8. The predicted molar refractivity (Wildman–Crippen MR) is 146 cm³/mol. The fourth-order valence-corrected chi connectivity index (χ4v) is 4.51. The van der Waals surface area contributed by atoms with E-state index in [2.05, 4.69) is 20.7 Å². The van der Waals surface area contributed by atoms with Crippen molar-refractivity contribution in [3.8, 4) is 5.69 Å². The molecule has 1 amide bonds. The minimum Gasteiger partial charge on any atom is -0.355 e. The van der Waals surface area contributed by atoms with Crippen molar-refractivity contribution < 1.29 is 17.6 Å². The Kier molecular flexibility index (Phi) is 6.48. The molecule has 0 aliphatic rings. The van der Waals surface area contributed by atoms with Gasteiger partial charge < -0.3 is 15.2 Å². The molecule has 198 valence electrons. The number of carbonyl (C=O) groups excluding carboxylic acids is 1. The lowest BCUT2D eigenvalue weighted by Crippen LogP contribution is -2.17. The van der Waals surface area contributed by atoms with Gasteiger partial charge in [-0.2, -0.15) is 5.10 Å². The van der Waals surface area contributed by atoms with Crippen LogP contribution in [0.1, 0.15) is 16.1 Å². The molecular formula is C27H23FN6O4S. The molecule has 0 atom stereocenters. The van der Waals surface area contributed by atoms with E-state index in [0.29, 0.717) is 33.7 Å². The maximum Gasteiger partial charge on any atom is 0.274 e. The van der Waals surface area contributed by atoms with E-state index in [1.54, 1.807) is 43.4 Å². The Morgan fingerprint density at radius 3 is 2.41 bits per heavy atom. The largest absolute Gasteiger partial charge is 0.355 e. The zero-order valence-electron chi connectivity index (χ0n) is 21.1. The van der Waals surface area contributed by atoms with Crippen molar-refractivity contribution in [1.82, 2.24) is 19.3 Å². The number of nitrogens with zero attached hydrogens (tertiary/aromatic N) is 4. The molecule has 0 bridgehead atoms. The maximum atomic E-state index is 13.5. The molecule has 10 nitrogen and oxygen atoms in total. The Morgan fingerprint density at radius 1 is 0.974 bits per heavy atom. The first-order chi connectivity index (χ1) is 18.5. The van der Waals surface area contributed by atoms with Gasteiger partial charge in [-0.3, -0.25) is 9.59 Å². The minimum absolute atomic E-state index is 0.0463. The van der Waals surface area contributed by atoms with Crippen LogP contribution in [0, 0.1) is 12.7 Å². The van der Waals surface area contributed by atoms with Crippen LogP contribution in [0.2, 0.25) is 0 Å². The molecule has 0 unspecified atom stereocenters. The summed E-state index contributed by atoms with van der Waals surface area (Å²) in [6.07, 6.45) is 2.46. The number of rotatable bonds is 6. The van der Waals surface area contributed by atoms with Gasteiger partial charge in [0, 0.05) is 36.4 Å². The van der Waals surface area contributed by atoms with Crippen molar-refractivity contribution in [3.63, 3.8) is 0 Å². The van der Waals surface area contributed by atoms with Crippen LogP contribution in [0.15, 0.2) is 82.9 Å². The topological polar surface area (TPSA) is 128 Å². The van der Waals surface area contributed by atoms with E-state index in [1.807, 2.05) is 6.92 Å². The fraction of sp³-hybridized carbons (Fsp3) is 0.111. The zero-order valence-corrected chi connectivity index (χ0v) is 22.0. The Bertz CT molecular complexity index is 1910. The molecule has 12 heteroatoms. The van der Waals surface area contributed by atoms with Gasteiger partial charge >= 0.3 is 0 Å². The summed E-state index contributed by atoms with van der Waals surface area (Å²) in [5.74, 6) is -1.10. The highest BCUT2D eigenvalue weighted by Gasteiger charge is 2.22. The molecule has 0 saturated carbocycles. The highest BCUT2D eigenvalue weighted by Crippen LogP contribution is 2.26. The van der Waals surface area contributed by atoms with Crippen molar-refractivity contribution in [2.45, 2.75) is 11.9 Å². The minimum atomic E-state index is -3.72. The second kappa shape index (κ2) is 9.80. The van der Waals surface area contributed by atoms with E-state index >= 15 is 0 Å². The van der Waals surface area contributed by atoms with Gasteiger partial charge in [0.25, 0.3) is 11.5 Å². The average molecular weight is 547 g/mol. The number of carbonyl (C=O) groups is 1. The highest BCUT2D eigenvalue weighted by atomic mass is 32.2. The van der Waals surface area contributed by atoms with Gasteiger partial charge in [0.05, 0.1) is 22.9 Å². The van der Waals surface area contributed by atoms with Crippen LogP contribution in [0.3, 0.4) is 0 Å². The van der Waals surface area contributed by atoms with Crippen LogP contribution in [-0.2, 0) is 16.9 Å². The summed E-state index contributed by atoms with van der Waals surface area (Å²) in [4.78, 5) is 30.0. The summed E-state index contributed by atoms with van der Waals surface area (Å²) in [5, 5.41) is 10.3. The summed E-state index contributed by atoms with van der Waals surface area (Å²) >= 11 is 0. The molecule has 5 rings (SSSR count). The molecule has 5 aromatic rings. The number of fused-ring (bicyclic) bond motifs is 1. The zero-order chi connectivity index (χ0) is 27.9. The molecule has 2 aromatic heterocycles. The lowest BCUT2D eigenvalue weighted by molar-refractivity contribution is 0.101. The summed E-state index contributed by atoms with van der Waals surface area (Å²) in [5.41, 5.74) is 3.32. The van der Waals surface area contributed by atoms with Gasteiger partial charge in [-0.25, -0.2) is 22.5 Å². The van der Waals surface area contributed by atoms with E-state index in [-0.39, 0.29) is 16.3 Å². The van der Waals surface area contributed by atoms with Crippen LogP contribution in [0.25, 0.3) is 16.6 Å². The van der Waals surface area contributed by atoms with E-state index in [1.165, 1.54) is 41.2 Å². The number of sulfone groups is 1. The number of hydrogen-bond donors (Lipinski definition) is 2. The van der Waals surface area contributed by atoms with E-state index in [4.69, 9.17) is 0 Å². The SMILES string of the molecule is Cc1ccc(NC(=O)c2cc(S(C)(=O)=O)nn2-c2ccc(F)cc2)cc1Nc1ccc2ncn(C)c(=O)c2c1. The molecule has 3 aromatic carbocycles. The van der Waals surface area contributed by atoms with Gasteiger partial charge in [-0.05, 0) is 67.1 Å². The third-order valence-corrected chi connectivity index (χ3v) is 7.02. The molecular weight excluding hydrogens is 523 g/mol. The monoisotopic (exact) mass is 546 g/mol. The van der Waals surface area contributed by atoms with Crippen molar-refractivity contribution in [2.24, 2.45) is 7.05 Å². The average Bonchev–Trinajstić information content (AvgIpc) is 3.35. The summed E-state index contributed by atoms with van der Waals surface area (Å²) in [6.45, 7) is 1.89. The summed E-state index contributed by atoms with van der Waals surface area (Å²) in [6, 6.07) is 16.8. The first-order valence-electron chi connectivity index (χ1n) is 11.7. The maximum absolute atomic E-state index is 13.5. The van der Waals surface area contributed by atoms with E-state index in [0.717, 1.165) is 16.5 Å². The number of aromatic nitrogens is 4. The molecule has 0 aliphatic heterocycles. The van der Waals surface area contributed by atoms with Gasteiger partial charge in [0.15, 0.2) is 14.9 Å². The normalized spacial score (nSPS) is 11.5. The van der Waals surface area contributed by atoms with Gasteiger partial charge in [-0.15, -0.1) is 0 Å². The number of aryl methyl sites for hydroxylation is 2. The smallest absolute Gasteiger partial charge is 0.274 e. The van der Waals surface area contributed by atoms with Crippen molar-refractivity contribution in [2.75, 3.05) is 16.9 Å². The molecule has 0 fully saturated rings. The second-order valence-electron chi connectivity index (χ2n) is 9.03. The Morgan fingerprint density at radius 2 is 1.69 bits per heavy atom. The number of hydrogen-bond acceptors (Lipinski definition) is 7. The molecule has 0 spiro atoms. The van der Waals surface area contributed by atoms with Gasteiger partial charge in [-0.1, -0.05) is 6.07 Å². The van der Waals surface area contributed by atoms with Gasteiger partial charge in [0.2, 0.25) is 0 Å². The van der Waals surface area contributed by atoms with Crippen molar-refractivity contribution in [1.29, 1.82) is 0 Å². The summed E-state index contributed by atoms with van der Waals surface area (Å²) < 4.78 is 40.3. The molecule has 0 saturated heterocycles. The molecule has 2 N–H and O–H groups in total. The number of amides is 1. The Balaban J connectivity index is 1.46. The number of anilines is 3. The second-order valence-corrected chi connectivity index (χ2v) is 11.0. The van der Waals surface area contributed by atoms with E-state index < -0.39 is 21.6 Å². The van der Waals surface area contributed by atoms with Gasteiger partial charge in [0.1, 0.15) is 11.5 Å². The van der Waals surface area contributed by atoms with E-state index in [9.17, 15) is 22.4 Å². The third kappa shape index (κ3) is 5.27. The van der Waals surface area contributed by atoms with Crippen molar-refractivity contribution in [3.05, 3.63) is 100 Å². The van der Waals surface area contributed by atoms with Crippen LogP contribution < -0.4 is 16.2 Å². The number of benzene rings is 3. The lowest BCUT2D eigenvalue weighted by atomic mass is 10.1. The predicted octanol–water partition coefficient (Wildman–Crippen LogP) is 3.97. The highest BCUT2D eigenvalue weighted by molar-refractivity contribution is 7.90. The van der Waals surface area contributed by atoms with Crippen LogP contribution in [0.5, 0.6) is 0 Å². The Labute approximate surface area is 222 Å². The van der Waals surface area contributed by atoms with Crippen LogP contribution >= 0.6 is 0 Å². The standard InChI is InChI=1S/C27H23FN6O4S/c1-16-4-7-19(13-23(16)30-18-8-11-22-21(12-18)27(36)33(2)15-29-22)31-26(35)24-14-25(39(3,37)38)32-34(24)20-9-5-17(28)6-10-20/h4-15,30H,1-3H3,(H,31,35). The van der Waals surface area contributed by atoms with Crippen LogP contribution in [0.4, 0.5) is 21.5 Å². The third-order valence-electron chi connectivity index (χ3n) is 6.06. The lowest BCUT2D eigenvalue weighted by Gasteiger charge is -2.13. The van der Waals surface area contributed by atoms with Crippen LogP contribution in [-0.4, -0.2) is 39.9 Å². The molecule has 39 heavy (non-hydrogen) atoms. The molecule has 0 radical (unpaired) electrons. The van der Waals surface area contributed by atoms with Crippen molar-refractivity contribution >= 4 is 43.7 Å². The Hall–Kier alpha value is -4.84. The summed E-state index contributed by atoms with van der Waals surface area (Å²) in [7, 11) is -2.09. The number of nitrogens with one attached hydrogen (secondary N) is 2. The number of halogens is 1. The quantitative estimate of drug-likeness (QED) is 0.330. The fourth-order valence-electron chi connectivity index (χ4n) is 3.96. The molecule has 0 aliphatic carbocycles.